The van der Waals surface area contributed by atoms with E-state index in [2.05, 4.69) is 4.99 Å². The molecular formula is C9H9ClF5N3. The monoisotopic (exact) mass is 289 g/mol. The molecule has 9 heteroatoms. The molecule has 18 heavy (non-hydrogen) atoms. The van der Waals surface area contributed by atoms with E-state index in [1.54, 1.807) is 0 Å². The molecule has 0 saturated heterocycles. The number of halogens is 6. The molecule has 0 spiro atoms. The van der Waals surface area contributed by atoms with E-state index >= 15 is 0 Å². The van der Waals surface area contributed by atoms with Crippen LogP contribution in [0.5, 0.6) is 0 Å². The maximum absolute atomic E-state index is 13.1. The molecule has 102 valence electrons. The largest absolute Gasteiger partial charge is 0.370 e. The molecule has 1 rings (SSSR count). The van der Waals surface area contributed by atoms with Gasteiger partial charge in [0.1, 0.15) is 0 Å². The normalized spacial score (nSPS) is 9.83. The zero-order chi connectivity index (χ0) is 13.2. The van der Waals surface area contributed by atoms with Gasteiger partial charge in [-0.3, -0.25) is 4.99 Å². The van der Waals surface area contributed by atoms with E-state index < -0.39 is 41.1 Å². The molecule has 0 fully saturated rings. The summed E-state index contributed by atoms with van der Waals surface area (Å²) in [5, 5.41) is 0. The Morgan fingerprint density at radius 2 is 1.22 bits per heavy atom. The van der Waals surface area contributed by atoms with Gasteiger partial charge in [-0.05, 0) is 6.42 Å². The van der Waals surface area contributed by atoms with Gasteiger partial charge in [0.25, 0.3) is 0 Å². The number of hydrogen-bond acceptors (Lipinski definition) is 1. The molecule has 1 aromatic carbocycles. The second kappa shape index (κ2) is 6.39. The van der Waals surface area contributed by atoms with Crippen LogP contribution in [0.4, 0.5) is 22.0 Å². The average molecular weight is 290 g/mol. The number of nitrogens with zero attached hydrogens (tertiary/aromatic N) is 1. The quantitative estimate of drug-likeness (QED) is 0.292. The summed E-state index contributed by atoms with van der Waals surface area (Å²) < 4.78 is 64.3. The SMILES string of the molecule is Cl.NC(N)=NCCc1c(F)c(F)c(F)c(F)c1F. The average Bonchev–Trinajstić information content (AvgIpc) is 2.28. The summed E-state index contributed by atoms with van der Waals surface area (Å²) in [6, 6.07) is 0. The molecule has 4 N–H and O–H groups in total. The number of nitrogens with two attached hydrogens (primary N) is 2. The van der Waals surface area contributed by atoms with Crippen LogP contribution in [0, 0.1) is 29.1 Å². The number of benzene rings is 1. The Bertz CT molecular complexity index is 445. The Morgan fingerprint density at radius 1 is 0.833 bits per heavy atom. The molecular weight excluding hydrogens is 281 g/mol. The molecule has 0 atom stereocenters. The van der Waals surface area contributed by atoms with Crippen molar-refractivity contribution in [3.05, 3.63) is 34.6 Å². The van der Waals surface area contributed by atoms with Crippen LogP contribution in [-0.2, 0) is 6.42 Å². The standard InChI is InChI=1S/C9H8F5N3.ClH/c10-4-3(1-2-17-9(15)16)5(11)7(13)8(14)6(4)12;/h1-2H2,(H4,15,16,17);1H. The van der Waals surface area contributed by atoms with E-state index in [4.69, 9.17) is 11.5 Å². The first-order chi connectivity index (χ1) is 7.86. The predicted molar refractivity (Wildman–Crippen MR) is 57.9 cm³/mol. The third kappa shape index (κ3) is 3.22. The second-order valence-corrected chi connectivity index (χ2v) is 3.11. The minimum Gasteiger partial charge on any atom is -0.370 e. The number of rotatable bonds is 3. The summed E-state index contributed by atoms with van der Waals surface area (Å²) in [4.78, 5) is 3.38. The van der Waals surface area contributed by atoms with Gasteiger partial charge in [-0.25, -0.2) is 22.0 Å². The predicted octanol–water partition coefficient (Wildman–Crippen LogP) is 1.62. The first-order valence-corrected chi connectivity index (χ1v) is 4.42. The lowest BCUT2D eigenvalue weighted by molar-refractivity contribution is 0.370. The van der Waals surface area contributed by atoms with Gasteiger partial charge >= 0.3 is 0 Å². The maximum atomic E-state index is 13.1. The highest BCUT2D eigenvalue weighted by molar-refractivity contribution is 5.85. The Labute approximate surface area is 105 Å². The van der Waals surface area contributed by atoms with E-state index in [1.807, 2.05) is 0 Å². The summed E-state index contributed by atoms with van der Waals surface area (Å²) in [6.45, 7) is -0.277. The lowest BCUT2D eigenvalue weighted by Gasteiger charge is -2.06. The van der Waals surface area contributed by atoms with E-state index in [-0.39, 0.29) is 24.9 Å². The third-order valence-corrected chi connectivity index (χ3v) is 1.96. The molecule has 0 aliphatic rings. The van der Waals surface area contributed by atoms with Gasteiger partial charge in [0, 0.05) is 12.1 Å². The van der Waals surface area contributed by atoms with E-state index in [0.717, 1.165) is 0 Å². The van der Waals surface area contributed by atoms with Crippen molar-refractivity contribution in [2.24, 2.45) is 16.5 Å². The van der Waals surface area contributed by atoms with Gasteiger partial charge in [-0.2, -0.15) is 0 Å². The Morgan fingerprint density at radius 3 is 1.61 bits per heavy atom. The van der Waals surface area contributed by atoms with Crippen LogP contribution < -0.4 is 11.5 Å². The highest BCUT2D eigenvalue weighted by Gasteiger charge is 2.24. The summed E-state index contributed by atoms with van der Waals surface area (Å²) >= 11 is 0. The Kier molecular flexibility index (Phi) is 5.83. The van der Waals surface area contributed by atoms with Crippen molar-refractivity contribution in [2.75, 3.05) is 6.54 Å². The van der Waals surface area contributed by atoms with E-state index in [1.165, 1.54) is 0 Å². The second-order valence-electron chi connectivity index (χ2n) is 3.11. The molecule has 0 aromatic heterocycles. The van der Waals surface area contributed by atoms with Crippen molar-refractivity contribution in [3.63, 3.8) is 0 Å². The van der Waals surface area contributed by atoms with Crippen molar-refractivity contribution in [1.82, 2.24) is 0 Å². The van der Waals surface area contributed by atoms with Crippen molar-refractivity contribution in [1.29, 1.82) is 0 Å². The summed E-state index contributed by atoms with van der Waals surface area (Å²) in [6.07, 6.45) is -0.496. The molecule has 0 aliphatic carbocycles. The lowest BCUT2D eigenvalue weighted by Crippen LogP contribution is -2.23. The minimum atomic E-state index is -2.19. The third-order valence-electron chi connectivity index (χ3n) is 1.96. The van der Waals surface area contributed by atoms with E-state index in [9.17, 15) is 22.0 Å². The van der Waals surface area contributed by atoms with Crippen LogP contribution in [0.3, 0.4) is 0 Å². The number of guanidine groups is 1. The molecule has 0 amide bonds. The topological polar surface area (TPSA) is 64.4 Å². The highest BCUT2D eigenvalue weighted by atomic mass is 35.5. The summed E-state index contributed by atoms with van der Waals surface area (Å²) in [5.74, 6) is -10.2. The van der Waals surface area contributed by atoms with Crippen LogP contribution in [0.15, 0.2) is 4.99 Å². The minimum absolute atomic E-state index is 0. The molecule has 0 heterocycles. The van der Waals surface area contributed by atoms with Gasteiger partial charge in [-0.15, -0.1) is 12.4 Å². The molecule has 0 radical (unpaired) electrons. The first-order valence-electron chi connectivity index (χ1n) is 4.42. The fourth-order valence-electron chi connectivity index (χ4n) is 1.17. The summed E-state index contributed by atoms with van der Waals surface area (Å²) in [5.41, 5.74) is 8.96. The smallest absolute Gasteiger partial charge is 0.200 e. The zero-order valence-electron chi connectivity index (χ0n) is 8.81. The highest BCUT2D eigenvalue weighted by Crippen LogP contribution is 2.23. The first kappa shape index (κ1) is 16.4. The Balaban J connectivity index is 0.00000289. The van der Waals surface area contributed by atoms with Crippen molar-refractivity contribution < 1.29 is 22.0 Å². The van der Waals surface area contributed by atoms with Crippen LogP contribution in [0.1, 0.15) is 5.56 Å². The molecule has 3 nitrogen and oxygen atoms in total. The number of aliphatic imine (C=N–C) groups is 1. The Hall–Kier alpha value is -1.57. The van der Waals surface area contributed by atoms with Crippen LogP contribution in [0.25, 0.3) is 0 Å². The molecule has 0 saturated carbocycles. The molecule has 0 aliphatic heterocycles. The summed E-state index contributed by atoms with van der Waals surface area (Å²) in [7, 11) is 0. The van der Waals surface area contributed by atoms with Crippen molar-refractivity contribution in [2.45, 2.75) is 6.42 Å². The van der Waals surface area contributed by atoms with Crippen LogP contribution in [0.2, 0.25) is 0 Å². The maximum Gasteiger partial charge on any atom is 0.200 e. The fourth-order valence-corrected chi connectivity index (χ4v) is 1.17. The van der Waals surface area contributed by atoms with Gasteiger partial charge in [0.2, 0.25) is 5.82 Å². The van der Waals surface area contributed by atoms with Gasteiger partial charge in [-0.1, -0.05) is 0 Å². The van der Waals surface area contributed by atoms with Crippen molar-refractivity contribution >= 4 is 18.4 Å². The molecule has 0 bridgehead atoms. The van der Waals surface area contributed by atoms with Gasteiger partial charge in [0.15, 0.2) is 29.2 Å². The van der Waals surface area contributed by atoms with Crippen molar-refractivity contribution in [3.8, 4) is 0 Å². The van der Waals surface area contributed by atoms with Crippen LogP contribution in [-0.4, -0.2) is 12.5 Å². The zero-order valence-corrected chi connectivity index (χ0v) is 9.63. The van der Waals surface area contributed by atoms with Gasteiger partial charge in [0.05, 0.1) is 0 Å². The van der Waals surface area contributed by atoms with Crippen LogP contribution >= 0.6 is 12.4 Å². The van der Waals surface area contributed by atoms with E-state index in [0.29, 0.717) is 0 Å². The van der Waals surface area contributed by atoms with Gasteiger partial charge < -0.3 is 11.5 Å². The fraction of sp³-hybridized carbons (Fsp3) is 0.222. The number of hydrogen-bond donors (Lipinski definition) is 2. The molecule has 0 unspecified atom stereocenters. The lowest BCUT2D eigenvalue weighted by atomic mass is 10.1. The molecule has 1 aromatic rings.